The Kier molecular flexibility index (Phi) is 3.97. The number of likely N-dealkylation sites (tertiary alicyclic amines) is 1. The molecule has 1 atom stereocenters. The van der Waals surface area contributed by atoms with Crippen molar-refractivity contribution in [1.29, 1.82) is 0 Å². The van der Waals surface area contributed by atoms with E-state index in [-0.39, 0.29) is 24.1 Å². The number of carbonyl (C=O) groups is 1. The van der Waals surface area contributed by atoms with E-state index in [1.807, 2.05) is 29.2 Å². The van der Waals surface area contributed by atoms with Crippen molar-refractivity contribution in [3.8, 4) is 0 Å². The molecule has 0 unspecified atom stereocenters. The molecule has 0 spiro atoms. The second kappa shape index (κ2) is 6.52. The Morgan fingerprint density at radius 3 is 3.04 bits per heavy atom. The molecule has 1 aliphatic heterocycles. The van der Waals surface area contributed by atoms with Crippen LogP contribution in [0.15, 0.2) is 41.6 Å². The highest BCUT2D eigenvalue weighted by molar-refractivity contribution is 7.18. The Morgan fingerprint density at radius 2 is 2.18 bits per heavy atom. The third kappa shape index (κ3) is 2.70. The molecule has 9 heteroatoms. The number of amides is 1. The van der Waals surface area contributed by atoms with Gasteiger partial charge in [-0.1, -0.05) is 12.1 Å². The minimum atomic E-state index is -0.248. The standard InChI is InChI=1S/C19H18N6O2S/c1-23-17-12(9-21-23)19(27)24(11-20-17)10-16(26)25-8-4-6-14(25)18-22-13-5-2-3-7-15(13)28-18/h2-3,5,7,9,11,14H,4,6,8,10H2,1H3/t14-/m0/s1. The SMILES string of the molecule is Cn1ncc2c(=O)n(CC(=O)N3CCC[C@H]3c3nc4ccccc4s3)cnc21. The minimum absolute atomic E-state index is 0.0297. The van der Waals surface area contributed by atoms with E-state index in [0.717, 1.165) is 28.1 Å². The van der Waals surface area contributed by atoms with Crippen LogP contribution in [0.25, 0.3) is 21.3 Å². The van der Waals surface area contributed by atoms with Crippen molar-refractivity contribution in [3.63, 3.8) is 0 Å². The molecule has 142 valence electrons. The quantitative estimate of drug-likeness (QED) is 0.531. The molecule has 4 aromatic rings. The summed E-state index contributed by atoms with van der Waals surface area (Å²) in [6.07, 6.45) is 4.74. The molecule has 0 radical (unpaired) electrons. The zero-order chi connectivity index (χ0) is 19.3. The van der Waals surface area contributed by atoms with Gasteiger partial charge in [-0.25, -0.2) is 9.97 Å². The van der Waals surface area contributed by atoms with E-state index in [4.69, 9.17) is 4.98 Å². The number of hydrogen-bond donors (Lipinski definition) is 0. The predicted molar refractivity (Wildman–Crippen MR) is 106 cm³/mol. The van der Waals surface area contributed by atoms with E-state index < -0.39 is 0 Å². The normalized spacial score (nSPS) is 17.0. The first-order valence-corrected chi connectivity index (χ1v) is 9.95. The number of rotatable bonds is 3. The summed E-state index contributed by atoms with van der Waals surface area (Å²) in [4.78, 5) is 36.5. The van der Waals surface area contributed by atoms with Gasteiger partial charge >= 0.3 is 0 Å². The smallest absolute Gasteiger partial charge is 0.264 e. The van der Waals surface area contributed by atoms with Crippen molar-refractivity contribution in [1.82, 2.24) is 29.2 Å². The second-order valence-corrected chi connectivity index (χ2v) is 8.01. The summed E-state index contributed by atoms with van der Waals surface area (Å²) in [5.41, 5.74) is 1.23. The number of aromatic nitrogens is 5. The van der Waals surface area contributed by atoms with Gasteiger partial charge in [0.25, 0.3) is 5.56 Å². The van der Waals surface area contributed by atoms with Crippen LogP contribution in [0.4, 0.5) is 0 Å². The lowest BCUT2D eigenvalue weighted by Gasteiger charge is -2.23. The Bertz CT molecular complexity index is 1220. The average molecular weight is 394 g/mol. The monoisotopic (exact) mass is 394 g/mol. The van der Waals surface area contributed by atoms with Crippen LogP contribution in [-0.2, 0) is 18.4 Å². The Balaban J connectivity index is 1.43. The van der Waals surface area contributed by atoms with Crippen LogP contribution in [-0.4, -0.2) is 41.7 Å². The Hall–Kier alpha value is -3.07. The molecule has 1 saturated heterocycles. The first-order valence-electron chi connectivity index (χ1n) is 9.14. The predicted octanol–water partition coefficient (Wildman–Crippen LogP) is 2.10. The molecule has 0 N–H and O–H groups in total. The molecule has 0 saturated carbocycles. The van der Waals surface area contributed by atoms with E-state index in [1.165, 1.54) is 17.1 Å². The topological polar surface area (TPSA) is 85.9 Å². The van der Waals surface area contributed by atoms with E-state index in [2.05, 4.69) is 10.1 Å². The Morgan fingerprint density at radius 1 is 1.32 bits per heavy atom. The number of hydrogen-bond acceptors (Lipinski definition) is 6. The highest BCUT2D eigenvalue weighted by Crippen LogP contribution is 2.36. The van der Waals surface area contributed by atoms with Crippen LogP contribution in [0, 0.1) is 0 Å². The fraction of sp³-hybridized carbons (Fsp3) is 0.316. The molecule has 0 aliphatic carbocycles. The summed E-state index contributed by atoms with van der Waals surface area (Å²) in [5.74, 6) is -0.0890. The molecule has 8 nitrogen and oxygen atoms in total. The maximum absolute atomic E-state index is 13.0. The summed E-state index contributed by atoms with van der Waals surface area (Å²) in [7, 11) is 1.73. The van der Waals surface area contributed by atoms with E-state index >= 15 is 0 Å². The number of nitrogens with zero attached hydrogens (tertiary/aromatic N) is 6. The van der Waals surface area contributed by atoms with Crippen molar-refractivity contribution >= 4 is 38.5 Å². The third-order valence-corrected chi connectivity index (χ3v) is 6.33. The van der Waals surface area contributed by atoms with Crippen LogP contribution in [0.5, 0.6) is 0 Å². The summed E-state index contributed by atoms with van der Waals surface area (Å²) < 4.78 is 4.03. The summed E-state index contributed by atoms with van der Waals surface area (Å²) >= 11 is 1.63. The highest BCUT2D eigenvalue weighted by atomic mass is 32.1. The highest BCUT2D eigenvalue weighted by Gasteiger charge is 2.32. The molecular weight excluding hydrogens is 376 g/mol. The van der Waals surface area contributed by atoms with Crippen LogP contribution < -0.4 is 5.56 Å². The fourth-order valence-corrected chi connectivity index (χ4v) is 4.89. The molecule has 5 rings (SSSR count). The number of fused-ring (bicyclic) bond motifs is 2. The maximum atomic E-state index is 13.0. The Labute approximate surface area is 164 Å². The molecule has 1 aliphatic rings. The zero-order valence-corrected chi connectivity index (χ0v) is 16.1. The fourth-order valence-electron chi connectivity index (χ4n) is 3.77. The first-order chi connectivity index (χ1) is 13.6. The zero-order valence-electron chi connectivity index (χ0n) is 15.3. The lowest BCUT2D eigenvalue weighted by atomic mass is 10.2. The number of para-hydroxylation sites is 1. The van der Waals surface area contributed by atoms with E-state index in [0.29, 0.717) is 17.6 Å². The van der Waals surface area contributed by atoms with Crippen molar-refractivity contribution in [2.75, 3.05) is 6.54 Å². The molecule has 1 amide bonds. The van der Waals surface area contributed by atoms with Crippen molar-refractivity contribution in [2.24, 2.45) is 7.05 Å². The van der Waals surface area contributed by atoms with E-state index in [1.54, 1.807) is 23.1 Å². The summed E-state index contributed by atoms with van der Waals surface area (Å²) in [6.45, 7) is 0.648. The summed E-state index contributed by atoms with van der Waals surface area (Å²) in [5, 5.41) is 5.44. The molecule has 4 heterocycles. The van der Waals surface area contributed by atoms with Gasteiger partial charge in [0.2, 0.25) is 5.91 Å². The summed E-state index contributed by atoms with van der Waals surface area (Å²) in [6, 6.07) is 7.97. The largest absolute Gasteiger partial charge is 0.332 e. The van der Waals surface area contributed by atoms with Gasteiger partial charge in [0.15, 0.2) is 5.65 Å². The van der Waals surface area contributed by atoms with Gasteiger partial charge in [-0.05, 0) is 25.0 Å². The number of carbonyl (C=O) groups excluding carboxylic acids is 1. The van der Waals surface area contributed by atoms with Crippen LogP contribution in [0.3, 0.4) is 0 Å². The molecule has 3 aromatic heterocycles. The average Bonchev–Trinajstić information content (AvgIpc) is 3.41. The van der Waals surface area contributed by atoms with Gasteiger partial charge in [0, 0.05) is 13.6 Å². The van der Waals surface area contributed by atoms with Gasteiger partial charge in [-0.2, -0.15) is 5.10 Å². The van der Waals surface area contributed by atoms with E-state index in [9.17, 15) is 9.59 Å². The lowest BCUT2D eigenvalue weighted by Crippen LogP contribution is -2.36. The molecular formula is C19H18N6O2S. The molecule has 1 fully saturated rings. The van der Waals surface area contributed by atoms with Gasteiger partial charge in [0.05, 0.1) is 22.5 Å². The number of benzene rings is 1. The van der Waals surface area contributed by atoms with Crippen LogP contribution in [0.2, 0.25) is 0 Å². The lowest BCUT2D eigenvalue weighted by molar-refractivity contribution is -0.132. The molecule has 28 heavy (non-hydrogen) atoms. The van der Waals surface area contributed by atoms with Crippen LogP contribution in [0.1, 0.15) is 23.9 Å². The van der Waals surface area contributed by atoms with Crippen LogP contribution >= 0.6 is 11.3 Å². The molecule has 1 aromatic carbocycles. The van der Waals surface area contributed by atoms with Gasteiger partial charge < -0.3 is 4.90 Å². The van der Waals surface area contributed by atoms with Gasteiger partial charge in [0.1, 0.15) is 23.3 Å². The minimum Gasteiger partial charge on any atom is -0.332 e. The molecule has 0 bridgehead atoms. The van der Waals surface area contributed by atoms with Crippen molar-refractivity contribution in [3.05, 3.63) is 52.2 Å². The number of aryl methyl sites for hydroxylation is 1. The second-order valence-electron chi connectivity index (χ2n) is 6.95. The number of thiazole rings is 1. The van der Waals surface area contributed by atoms with Crippen molar-refractivity contribution in [2.45, 2.75) is 25.4 Å². The third-order valence-electron chi connectivity index (χ3n) is 5.19. The van der Waals surface area contributed by atoms with Gasteiger partial charge in [-0.15, -0.1) is 11.3 Å². The maximum Gasteiger partial charge on any atom is 0.264 e. The first kappa shape index (κ1) is 17.1. The van der Waals surface area contributed by atoms with Gasteiger partial charge in [-0.3, -0.25) is 18.8 Å². The van der Waals surface area contributed by atoms with Crippen molar-refractivity contribution < 1.29 is 4.79 Å².